The Kier molecular flexibility index (Phi) is 4.04. The number of fused-ring (bicyclic) bond motifs is 3. The lowest BCUT2D eigenvalue weighted by Gasteiger charge is -2.32. The molecule has 1 heterocycles. The molecule has 0 spiro atoms. The zero-order valence-corrected chi connectivity index (χ0v) is 14.2. The molecule has 2 N–H and O–H groups in total. The third kappa shape index (κ3) is 2.81. The number of aromatic nitrogens is 1. The van der Waals surface area contributed by atoms with E-state index in [0.29, 0.717) is 12.1 Å². The number of nitro groups is 1. The Morgan fingerprint density at radius 3 is 2.75 bits per heavy atom. The highest BCUT2D eigenvalue weighted by molar-refractivity contribution is 5.87. The van der Waals surface area contributed by atoms with Gasteiger partial charge in [-0.1, -0.05) is 6.92 Å². The normalized spacial score (nSPS) is 27.1. The second kappa shape index (κ2) is 6.20. The molecule has 5 nitrogen and oxygen atoms in total. The largest absolute Gasteiger partial charge is 0.357 e. The highest BCUT2D eigenvalue weighted by Crippen LogP contribution is 2.37. The zero-order chi connectivity index (χ0) is 16.7. The molecule has 4 rings (SSSR count). The van der Waals surface area contributed by atoms with E-state index in [1.54, 1.807) is 12.1 Å². The third-order valence-corrected chi connectivity index (χ3v) is 5.85. The summed E-state index contributed by atoms with van der Waals surface area (Å²) in [6, 6.07) is 6.15. The van der Waals surface area contributed by atoms with Crippen molar-refractivity contribution in [3.05, 3.63) is 39.6 Å². The zero-order valence-electron chi connectivity index (χ0n) is 14.2. The maximum atomic E-state index is 11.1. The van der Waals surface area contributed by atoms with Gasteiger partial charge in [-0.25, -0.2) is 0 Å². The summed E-state index contributed by atoms with van der Waals surface area (Å²) in [6.45, 7) is 2.35. The minimum Gasteiger partial charge on any atom is -0.357 e. The third-order valence-electron chi connectivity index (χ3n) is 5.85. The Bertz CT molecular complexity index is 759. The molecule has 1 aromatic carbocycles. The molecule has 0 unspecified atom stereocenters. The van der Waals surface area contributed by atoms with Crippen LogP contribution in [0.5, 0.6) is 0 Å². The van der Waals surface area contributed by atoms with Gasteiger partial charge in [-0.3, -0.25) is 10.1 Å². The van der Waals surface area contributed by atoms with Crippen LogP contribution in [0.25, 0.3) is 10.9 Å². The molecule has 1 saturated carbocycles. The highest BCUT2D eigenvalue weighted by atomic mass is 16.6. The summed E-state index contributed by atoms with van der Waals surface area (Å²) in [7, 11) is 0. The van der Waals surface area contributed by atoms with Crippen molar-refractivity contribution in [1.29, 1.82) is 0 Å². The maximum Gasteiger partial charge on any atom is 0.270 e. The van der Waals surface area contributed by atoms with Gasteiger partial charge in [-0.15, -0.1) is 0 Å². The summed E-state index contributed by atoms with van der Waals surface area (Å²) < 4.78 is 0. The van der Waals surface area contributed by atoms with Gasteiger partial charge < -0.3 is 10.3 Å². The Morgan fingerprint density at radius 1 is 1.21 bits per heavy atom. The fourth-order valence-corrected chi connectivity index (χ4v) is 4.44. The molecule has 0 amide bonds. The fraction of sp³-hybridized carbons (Fsp3) is 0.579. The first-order valence-electron chi connectivity index (χ1n) is 9.16. The lowest BCUT2D eigenvalue weighted by molar-refractivity contribution is -0.384. The lowest BCUT2D eigenvalue weighted by Crippen LogP contribution is -2.37. The molecule has 1 fully saturated rings. The molecule has 0 saturated heterocycles. The SMILES string of the molecule is CC1CCC(N[C@H]2CCCc3c2[nH]c2ccc([N+](=O)[O-])cc32)CC1. The average molecular weight is 327 g/mol. The Balaban J connectivity index is 1.62. The highest BCUT2D eigenvalue weighted by Gasteiger charge is 2.28. The van der Waals surface area contributed by atoms with Crippen molar-refractivity contribution >= 4 is 16.6 Å². The van der Waals surface area contributed by atoms with Crippen molar-refractivity contribution in [2.45, 2.75) is 64.0 Å². The van der Waals surface area contributed by atoms with E-state index in [1.807, 2.05) is 6.07 Å². The first-order chi connectivity index (χ1) is 11.6. The average Bonchev–Trinajstić information content (AvgIpc) is 2.96. The number of hydrogen-bond donors (Lipinski definition) is 2. The number of nitrogens with zero attached hydrogens (tertiary/aromatic N) is 1. The standard InChI is InChI=1S/C19H25N3O2/c1-12-5-7-13(8-6-12)20-18-4-2-3-15-16-11-14(22(23)24)9-10-17(16)21-19(15)18/h9-13,18,20-21H,2-8H2,1H3/t12?,13?,18-/m0/s1. The van der Waals surface area contributed by atoms with Crippen LogP contribution in [0.15, 0.2) is 18.2 Å². The van der Waals surface area contributed by atoms with Crippen molar-refractivity contribution in [2.75, 3.05) is 0 Å². The smallest absolute Gasteiger partial charge is 0.270 e. The Hall–Kier alpha value is -1.88. The van der Waals surface area contributed by atoms with Crippen LogP contribution in [0.4, 0.5) is 5.69 Å². The first kappa shape index (κ1) is 15.6. The summed E-state index contributed by atoms with van der Waals surface area (Å²) in [5.41, 5.74) is 3.74. The molecular formula is C19H25N3O2. The van der Waals surface area contributed by atoms with Crippen molar-refractivity contribution < 1.29 is 4.92 Å². The molecule has 2 aliphatic rings. The Morgan fingerprint density at radius 2 is 2.00 bits per heavy atom. The van der Waals surface area contributed by atoms with Gasteiger partial charge in [0.2, 0.25) is 0 Å². The number of rotatable bonds is 3. The number of nitrogens with one attached hydrogen (secondary N) is 2. The van der Waals surface area contributed by atoms with Gasteiger partial charge in [0.1, 0.15) is 0 Å². The van der Waals surface area contributed by atoms with Gasteiger partial charge in [0.25, 0.3) is 5.69 Å². The van der Waals surface area contributed by atoms with Crippen LogP contribution in [0, 0.1) is 16.0 Å². The van der Waals surface area contributed by atoms with E-state index in [0.717, 1.165) is 36.1 Å². The second-order valence-electron chi connectivity index (χ2n) is 7.57. The van der Waals surface area contributed by atoms with Crippen molar-refractivity contribution in [2.24, 2.45) is 5.92 Å². The van der Waals surface area contributed by atoms with Crippen molar-refractivity contribution in [1.82, 2.24) is 10.3 Å². The number of aryl methyl sites for hydroxylation is 1. The molecule has 5 heteroatoms. The predicted molar refractivity (Wildman–Crippen MR) is 95.2 cm³/mol. The van der Waals surface area contributed by atoms with E-state index < -0.39 is 0 Å². The van der Waals surface area contributed by atoms with Crippen LogP contribution in [0.2, 0.25) is 0 Å². The quantitative estimate of drug-likeness (QED) is 0.638. The molecule has 0 bridgehead atoms. The molecule has 1 atom stereocenters. The Labute approximate surface area is 142 Å². The van der Waals surface area contributed by atoms with Crippen molar-refractivity contribution in [3.8, 4) is 0 Å². The molecule has 128 valence electrons. The van der Waals surface area contributed by atoms with E-state index in [1.165, 1.54) is 36.9 Å². The monoisotopic (exact) mass is 327 g/mol. The van der Waals surface area contributed by atoms with E-state index >= 15 is 0 Å². The number of aromatic amines is 1. The van der Waals surface area contributed by atoms with Crippen LogP contribution < -0.4 is 5.32 Å². The minimum atomic E-state index is -0.305. The number of nitro benzene ring substituents is 1. The van der Waals surface area contributed by atoms with Crippen LogP contribution >= 0.6 is 0 Å². The topological polar surface area (TPSA) is 71.0 Å². The first-order valence-corrected chi connectivity index (χ1v) is 9.16. The predicted octanol–water partition coefficient (Wildman–Crippen LogP) is 4.62. The number of hydrogen-bond acceptors (Lipinski definition) is 3. The summed E-state index contributed by atoms with van der Waals surface area (Å²) in [4.78, 5) is 14.3. The molecule has 24 heavy (non-hydrogen) atoms. The summed E-state index contributed by atoms with van der Waals surface area (Å²) in [5, 5.41) is 16.0. The van der Waals surface area contributed by atoms with Crippen LogP contribution in [-0.2, 0) is 6.42 Å². The van der Waals surface area contributed by atoms with E-state index in [2.05, 4.69) is 17.2 Å². The number of benzene rings is 1. The molecule has 2 aromatic rings. The van der Waals surface area contributed by atoms with Gasteiger partial charge >= 0.3 is 0 Å². The second-order valence-corrected chi connectivity index (χ2v) is 7.57. The van der Waals surface area contributed by atoms with E-state index in [-0.39, 0.29) is 10.6 Å². The summed E-state index contributed by atoms with van der Waals surface area (Å²) >= 11 is 0. The van der Waals surface area contributed by atoms with Gasteiger partial charge in [-0.05, 0) is 62.5 Å². The van der Waals surface area contributed by atoms with Crippen molar-refractivity contribution in [3.63, 3.8) is 0 Å². The van der Waals surface area contributed by atoms with Crippen LogP contribution in [0.1, 0.15) is 62.7 Å². The molecular weight excluding hydrogens is 302 g/mol. The minimum absolute atomic E-state index is 0.181. The van der Waals surface area contributed by atoms with Gasteiger partial charge in [0, 0.05) is 40.8 Å². The molecule has 0 aliphatic heterocycles. The van der Waals surface area contributed by atoms with Crippen LogP contribution in [-0.4, -0.2) is 15.9 Å². The van der Waals surface area contributed by atoms with Gasteiger partial charge in [-0.2, -0.15) is 0 Å². The molecule has 0 radical (unpaired) electrons. The van der Waals surface area contributed by atoms with Crippen LogP contribution in [0.3, 0.4) is 0 Å². The van der Waals surface area contributed by atoms with Gasteiger partial charge in [0.15, 0.2) is 0 Å². The number of non-ortho nitro benzene ring substituents is 1. The maximum absolute atomic E-state index is 11.1. The molecule has 2 aliphatic carbocycles. The summed E-state index contributed by atoms with van der Waals surface area (Å²) in [6.07, 6.45) is 8.46. The lowest BCUT2D eigenvalue weighted by atomic mass is 9.85. The van der Waals surface area contributed by atoms with E-state index in [9.17, 15) is 10.1 Å². The number of H-pyrrole nitrogens is 1. The molecule has 1 aromatic heterocycles. The summed E-state index contributed by atoms with van der Waals surface area (Å²) in [5.74, 6) is 0.860. The van der Waals surface area contributed by atoms with Gasteiger partial charge in [0.05, 0.1) is 4.92 Å². The van der Waals surface area contributed by atoms with E-state index in [4.69, 9.17) is 0 Å². The fourth-order valence-electron chi connectivity index (χ4n) is 4.44.